The third-order valence-corrected chi connectivity index (χ3v) is 3.58. The van der Waals surface area contributed by atoms with Gasteiger partial charge in [0.15, 0.2) is 9.84 Å². The number of rotatable bonds is 4. The van der Waals surface area contributed by atoms with Gasteiger partial charge in [-0.2, -0.15) is 0 Å². The maximum absolute atomic E-state index is 11.6. The van der Waals surface area contributed by atoms with Crippen molar-refractivity contribution in [2.24, 2.45) is 0 Å². The molecule has 1 aromatic heterocycles. The summed E-state index contributed by atoms with van der Waals surface area (Å²) in [5, 5.41) is 6.88. The molecule has 0 saturated carbocycles. The Morgan fingerprint density at radius 1 is 1.33 bits per heavy atom. The van der Waals surface area contributed by atoms with Gasteiger partial charge in [0.25, 0.3) is 0 Å². The second kappa shape index (κ2) is 4.81. The minimum Gasteiger partial charge on any atom is -0.378 e. The summed E-state index contributed by atoms with van der Waals surface area (Å²) < 4.78 is 28.1. The van der Waals surface area contributed by atoms with Gasteiger partial charge >= 0.3 is 0 Å². The summed E-state index contributed by atoms with van der Waals surface area (Å²) in [7, 11) is -3.24. The number of hydrogen-bond acceptors (Lipinski definition) is 5. The molecule has 96 valence electrons. The maximum Gasteiger partial charge on any atom is 0.177 e. The quantitative estimate of drug-likeness (QED) is 0.916. The maximum atomic E-state index is 11.6. The Bertz CT molecular complexity index is 647. The second-order valence-electron chi connectivity index (χ2n) is 4.05. The lowest BCUT2D eigenvalue weighted by molar-refractivity contribution is 0.391. The summed E-state index contributed by atoms with van der Waals surface area (Å²) in [6, 6.07) is 8.58. The van der Waals surface area contributed by atoms with Gasteiger partial charge in [-0.15, -0.1) is 0 Å². The van der Waals surface area contributed by atoms with Crippen LogP contribution in [0.2, 0.25) is 0 Å². The van der Waals surface area contributed by atoms with Crippen LogP contribution in [0.25, 0.3) is 0 Å². The van der Waals surface area contributed by atoms with Crippen molar-refractivity contribution in [3.63, 3.8) is 0 Å². The molecule has 0 fully saturated rings. The topological polar surface area (TPSA) is 72.2 Å². The van der Waals surface area contributed by atoms with Crippen LogP contribution in [0.1, 0.15) is 11.5 Å². The molecule has 1 heterocycles. The molecule has 0 aliphatic carbocycles. The lowest BCUT2D eigenvalue weighted by Gasteiger charge is -2.08. The fraction of sp³-hybridized carbons (Fsp3) is 0.250. The third-order valence-electron chi connectivity index (χ3n) is 2.42. The van der Waals surface area contributed by atoms with Crippen molar-refractivity contribution in [1.29, 1.82) is 0 Å². The number of aromatic nitrogens is 1. The van der Waals surface area contributed by atoms with Crippen LogP contribution < -0.4 is 5.32 Å². The Morgan fingerprint density at radius 3 is 2.67 bits per heavy atom. The van der Waals surface area contributed by atoms with E-state index in [-0.39, 0.29) is 4.90 Å². The molecular formula is C12H14N2O3S. The normalized spacial score (nSPS) is 11.4. The van der Waals surface area contributed by atoms with Gasteiger partial charge in [0, 0.05) is 12.3 Å². The zero-order valence-electron chi connectivity index (χ0n) is 10.2. The zero-order chi connectivity index (χ0) is 13.2. The molecule has 0 atom stereocenters. The van der Waals surface area contributed by atoms with E-state index in [0.717, 1.165) is 11.5 Å². The highest BCUT2D eigenvalue weighted by molar-refractivity contribution is 7.90. The molecule has 0 bridgehead atoms. The molecule has 1 aromatic carbocycles. The minimum atomic E-state index is -3.24. The second-order valence-corrected chi connectivity index (χ2v) is 6.03. The fourth-order valence-electron chi connectivity index (χ4n) is 1.62. The van der Waals surface area contributed by atoms with Crippen molar-refractivity contribution >= 4 is 15.5 Å². The molecule has 2 aromatic rings. The average Bonchev–Trinajstić information content (AvgIpc) is 2.72. The van der Waals surface area contributed by atoms with Crippen molar-refractivity contribution in [2.45, 2.75) is 18.4 Å². The van der Waals surface area contributed by atoms with E-state index in [2.05, 4.69) is 10.5 Å². The first-order valence-corrected chi connectivity index (χ1v) is 7.31. The lowest BCUT2D eigenvalue weighted by atomic mass is 10.3. The van der Waals surface area contributed by atoms with Crippen LogP contribution in [-0.2, 0) is 16.4 Å². The number of hydrogen-bond donors (Lipinski definition) is 1. The molecule has 0 spiro atoms. The number of para-hydroxylation sites is 1. The summed E-state index contributed by atoms with van der Waals surface area (Å²) in [6.45, 7) is 2.23. The highest BCUT2D eigenvalue weighted by atomic mass is 32.2. The molecule has 2 rings (SSSR count). The average molecular weight is 266 g/mol. The van der Waals surface area contributed by atoms with Crippen LogP contribution >= 0.6 is 0 Å². The van der Waals surface area contributed by atoms with E-state index in [0.29, 0.717) is 12.2 Å². The van der Waals surface area contributed by atoms with Crippen LogP contribution in [0.5, 0.6) is 0 Å². The van der Waals surface area contributed by atoms with Gasteiger partial charge in [0.1, 0.15) is 11.5 Å². The molecule has 0 unspecified atom stereocenters. The Kier molecular flexibility index (Phi) is 3.38. The molecule has 1 N–H and O–H groups in total. The van der Waals surface area contributed by atoms with E-state index in [1.54, 1.807) is 37.3 Å². The highest BCUT2D eigenvalue weighted by Gasteiger charge is 2.12. The largest absolute Gasteiger partial charge is 0.378 e. The van der Waals surface area contributed by atoms with Crippen LogP contribution in [0, 0.1) is 6.92 Å². The van der Waals surface area contributed by atoms with Gasteiger partial charge in [-0.3, -0.25) is 0 Å². The first kappa shape index (κ1) is 12.6. The standard InChI is InChI=1S/C12H14N2O3S/c1-9-7-10(14-17-9)8-13-11-5-3-4-6-12(11)18(2,15)16/h3-7,13H,8H2,1-2H3. The first-order valence-electron chi connectivity index (χ1n) is 5.42. The van der Waals surface area contributed by atoms with Gasteiger partial charge < -0.3 is 9.84 Å². The van der Waals surface area contributed by atoms with Crippen LogP contribution in [0.15, 0.2) is 39.8 Å². The number of sulfone groups is 1. The number of nitrogens with one attached hydrogen (secondary N) is 1. The number of nitrogens with zero attached hydrogens (tertiary/aromatic N) is 1. The van der Waals surface area contributed by atoms with E-state index in [4.69, 9.17) is 4.52 Å². The molecule has 5 nitrogen and oxygen atoms in total. The number of aryl methyl sites for hydroxylation is 1. The van der Waals surface area contributed by atoms with Gasteiger partial charge in [0.05, 0.1) is 17.1 Å². The van der Waals surface area contributed by atoms with Gasteiger partial charge in [-0.05, 0) is 19.1 Å². The molecule has 0 aliphatic heterocycles. The van der Waals surface area contributed by atoms with Crippen molar-refractivity contribution in [3.05, 3.63) is 41.8 Å². The van der Waals surface area contributed by atoms with Crippen molar-refractivity contribution in [3.8, 4) is 0 Å². The smallest absolute Gasteiger partial charge is 0.177 e. The lowest BCUT2D eigenvalue weighted by Crippen LogP contribution is -2.06. The van der Waals surface area contributed by atoms with Gasteiger partial charge in [0.2, 0.25) is 0 Å². The molecular weight excluding hydrogens is 252 g/mol. The summed E-state index contributed by atoms with van der Waals surface area (Å²) in [6.07, 6.45) is 1.19. The summed E-state index contributed by atoms with van der Waals surface area (Å²) in [4.78, 5) is 0.283. The Labute approximate surface area is 106 Å². The van der Waals surface area contributed by atoms with Crippen LogP contribution in [-0.4, -0.2) is 19.8 Å². The highest BCUT2D eigenvalue weighted by Crippen LogP contribution is 2.21. The van der Waals surface area contributed by atoms with E-state index >= 15 is 0 Å². The SMILES string of the molecule is Cc1cc(CNc2ccccc2S(C)(=O)=O)no1. The van der Waals surface area contributed by atoms with Gasteiger partial charge in [-0.25, -0.2) is 8.42 Å². The van der Waals surface area contributed by atoms with Crippen molar-refractivity contribution < 1.29 is 12.9 Å². The van der Waals surface area contributed by atoms with Gasteiger partial charge in [-0.1, -0.05) is 17.3 Å². The van der Waals surface area contributed by atoms with Crippen LogP contribution in [0.3, 0.4) is 0 Å². The first-order chi connectivity index (χ1) is 8.47. The van der Waals surface area contributed by atoms with E-state index in [9.17, 15) is 8.42 Å². The number of anilines is 1. The predicted molar refractivity (Wildman–Crippen MR) is 68.1 cm³/mol. The minimum absolute atomic E-state index is 0.283. The summed E-state index contributed by atoms with van der Waals surface area (Å²) >= 11 is 0. The van der Waals surface area contributed by atoms with E-state index in [1.807, 2.05) is 0 Å². The Balaban J connectivity index is 2.20. The molecule has 0 aliphatic rings. The van der Waals surface area contributed by atoms with E-state index in [1.165, 1.54) is 6.26 Å². The Morgan fingerprint density at radius 2 is 2.06 bits per heavy atom. The number of benzene rings is 1. The Hall–Kier alpha value is -1.82. The summed E-state index contributed by atoms with van der Waals surface area (Å²) in [5.41, 5.74) is 1.30. The van der Waals surface area contributed by atoms with Crippen molar-refractivity contribution in [2.75, 3.05) is 11.6 Å². The molecule has 0 radical (unpaired) electrons. The molecule has 0 saturated heterocycles. The molecule has 18 heavy (non-hydrogen) atoms. The monoisotopic (exact) mass is 266 g/mol. The van der Waals surface area contributed by atoms with Crippen LogP contribution in [0.4, 0.5) is 5.69 Å². The summed E-state index contributed by atoms with van der Waals surface area (Å²) in [5.74, 6) is 0.725. The zero-order valence-corrected chi connectivity index (χ0v) is 11.0. The third kappa shape index (κ3) is 2.89. The fourth-order valence-corrected chi connectivity index (χ4v) is 2.49. The predicted octanol–water partition coefficient (Wildman–Crippen LogP) is 2.00. The molecule has 0 amide bonds. The van der Waals surface area contributed by atoms with Crippen molar-refractivity contribution in [1.82, 2.24) is 5.16 Å². The van der Waals surface area contributed by atoms with E-state index < -0.39 is 9.84 Å². The molecule has 6 heteroatoms.